The molecule has 2 aromatic rings. The zero-order valence-electron chi connectivity index (χ0n) is 16.7. The average Bonchev–Trinajstić information content (AvgIpc) is 2.77. The predicted molar refractivity (Wildman–Crippen MR) is 110 cm³/mol. The van der Waals surface area contributed by atoms with E-state index >= 15 is 0 Å². The third kappa shape index (κ3) is 3.43. The summed E-state index contributed by atoms with van der Waals surface area (Å²) >= 11 is 0. The Labute approximate surface area is 171 Å². The van der Waals surface area contributed by atoms with E-state index in [0.29, 0.717) is 31.6 Å². The molecule has 2 heterocycles. The molecule has 2 saturated heterocycles. The number of rotatable bonds is 4. The first-order valence-electron chi connectivity index (χ1n) is 10.1. The van der Waals surface area contributed by atoms with Crippen molar-refractivity contribution in [2.75, 3.05) is 33.3 Å². The van der Waals surface area contributed by atoms with Gasteiger partial charge in [-0.25, -0.2) is 0 Å². The average molecular weight is 393 g/mol. The van der Waals surface area contributed by atoms with Crippen molar-refractivity contribution in [1.29, 1.82) is 0 Å². The van der Waals surface area contributed by atoms with E-state index in [4.69, 9.17) is 10.5 Å². The minimum atomic E-state index is -0.543. The molecular formula is C23H27N3O3. The van der Waals surface area contributed by atoms with Crippen molar-refractivity contribution >= 4 is 11.8 Å². The van der Waals surface area contributed by atoms with Gasteiger partial charge in [-0.1, -0.05) is 42.5 Å². The van der Waals surface area contributed by atoms with Crippen molar-refractivity contribution in [2.24, 2.45) is 5.73 Å². The molecule has 152 valence electrons. The molecule has 2 fully saturated rings. The largest absolute Gasteiger partial charge is 0.364 e. The number of piperidine rings is 1. The van der Waals surface area contributed by atoms with Crippen molar-refractivity contribution in [3.05, 3.63) is 71.3 Å². The predicted octanol–water partition coefficient (Wildman–Crippen LogP) is 1.79. The number of morpholine rings is 1. The molecule has 6 nitrogen and oxygen atoms in total. The smallest absolute Gasteiger partial charge is 0.253 e. The maximum absolute atomic E-state index is 13.1. The number of amides is 2. The fraction of sp³-hybridized carbons (Fsp3) is 0.391. The molecule has 29 heavy (non-hydrogen) atoms. The van der Waals surface area contributed by atoms with Crippen LogP contribution in [0.5, 0.6) is 0 Å². The molecule has 6 heteroatoms. The Balaban J connectivity index is 1.58. The van der Waals surface area contributed by atoms with E-state index in [-0.39, 0.29) is 24.5 Å². The fourth-order valence-corrected chi connectivity index (χ4v) is 4.57. The van der Waals surface area contributed by atoms with E-state index in [0.717, 1.165) is 17.5 Å². The second-order valence-electron chi connectivity index (χ2n) is 7.78. The molecule has 2 aliphatic rings. The molecule has 0 unspecified atom stereocenters. The number of carbonyl (C=O) groups excluding carboxylic acids is 2. The summed E-state index contributed by atoms with van der Waals surface area (Å²) in [6.45, 7) is 1.66. The number of ether oxygens (including phenoxy) is 1. The highest BCUT2D eigenvalue weighted by Gasteiger charge is 2.53. The molecule has 0 radical (unpaired) electrons. The molecule has 0 aromatic heterocycles. The van der Waals surface area contributed by atoms with Gasteiger partial charge in [0, 0.05) is 25.7 Å². The summed E-state index contributed by atoms with van der Waals surface area (Å²) in [5.74, 6) is -0.0329. The lowest BCUT2D eigenvalue weighted by Crippen LogP contribution is -2.67. The Kier molecular flexibility index (Phi) is 5.39. The summed E-state index contributed by atoms with van der Waals surface area (Å²) in [6, 6.07) is 17.7. The minimum Gasteiger partial charge on any atom is -0.364 e. The van der Waals surface area contributed by atoms with Crippen molar-refractivity contribution < 1.29 is 14.3 Å². The third-order valence-corrected chi connectivity index (χ3v) is 6.26. The van der Waals surface area contributed by atoms with Gasteiger partial charge in [-0.05, 0) is 42.6 Å². The number of likely N-dealkylation sites (tertiary alicyclic amines) is 1. The van der Waals surface area contributed by atoms with Gasteiger partial charge < -0.3 is 20.3 Å². The topological polar surface area (TPSA) is 75.9 Å². The van der Waals surface area contributed by atoms with Crippen molar-refractivity contribution in [3.63, 3.8) is 0 Å². The van der Waals surface area contributed by atoms with Crippen LogP contribution in [0.4, 0.5) is 0 Å². The van der Waals surface area contributed by atoms with Crippen LogP contribution in [-0.4, -0.2) is 61.0 Å². The molecule has 2 aromatic carbocycles. The highest BCUT2D eigenvalue weighted by molar-refractivity contribution is 5.94. The molecule has 0 bridgehead atoms. The van der Waals surface area contributed by atoms with Gasteiger partial charge in [0.25, 0.3) is 5.91 Å². The summed E-state index contributed by atoms with van der Waals surface area (Å²) in [7, 11) is 1.85. The van der Waals surface area contributed by atoms with Crippen LogP contribution in [0, 0.1) is 0 Å². The molecule has 2 amide bonds. The van der Waals surface area contributed by atoms with Gasteiger partial charge in [0.2, 0.25) is 5.91 Å². The zero-order chi connectivity index (χ0) is 20.4. The Hall–Kier alpha value is -2.70. The molecular weight excluding hydrogens is 366 g/mol. The summed E-state index contributed by atoms with van der Waals surface area (Å²) in [5.41, 5.74) is 7.90. The van der Waals surface area contributed by atoms with Crippen LogP contribution in [-0.2, 0) is 21.5 Å². The summed E-state index contributed by atoms with van der Waals surface area (Å²) in [5, 5.41) is 0. The summed E-state index contributed by atoms with van der Waals surface area (Å²) in [4.78, 5) is 29.2. The van der Waals surface area contributed by atoms with Crippen LogP contribution in [0.2, 0.25) is 0 Å². The maximum atomic E-state index is 13.1. The number of carbonyl (C=O) groups is 2. The lowest BCUT2D eigenvalue weighted by atomic mass is 9.76. The molecule has 2 atom stereocenters. The van der Waals surface area contributed by atoms with Crippen LogP contribution >= 0.6 is 0 Å². The third-order valence-electron chi connectivity index (χ3n) is 6.26. The Morgan fingerprint density at radius 2 is 1.90 bits per heavy atom. The molecule has 4 rings (SSSR count). The van der Waals surface area contributed by atoms with Gasteiger partial charge in [0.15, 0.2) is 0 Å². The van der Waals surface area contributed by atoms with E-state index in [9.17, 15) is 9.59 Å². The normalized spacial score (nSPS) is 24.3. The van der Waals surface area contributed by atoms with E-state index in [1.807, 2.05) is 71.4 Å². The highest BCUT2D eigenvalue weighted by Crippen LogP contribution is 2.42. The number of nitrogens with two attached hydrogens (primary N) is 1. The number of hydrogen-bond donors (Lipinski definition) is 1. The monoisotopic (exact) mass is 393 g/mol. The molecule has 0 aliphatic carbocycles. The first-order valence-corrected chi connectivity index (χ1v) is 10.1. The second kappa shape index (κ2) is 7.97. The lowest BCUT2D eigenvalue weighted by molar-refractivity contribution is -0.180. The highest BCUT2D eigenvalue weighted by atomic mass is 16.5. The van der Waals surface area contributed by atoms with E-state index < -0.39 is 5.54 Å². The van der Waals surface area contributed by atoms with Crippen LogP contribution < -0.4 is 5.73 Å². The van der Waals surface area contributed by atoms with E-state index in [1.165, 1.54) is 0 Å². The Morgan fingerprint density at radius 3 is 2.59 bits per heavy atom. The number of benzene rings is 2. The van der Waals surface area contributed by atoms with E-state index in [2.05, 4.69) is 0 Å². The van der Waals surface area contributed by atoms with Gasteiger partial charge in [-0.2, -0.15) is 0 Å². The standard InChI is InChI=1S/C23H27N3O3/c1-25-21(27)16-29-20-15-26(14-12-23(20,25)19-5-3-2-4-6-19)22(28)18-9-7-17(8-10-18)11-13-24/h2-10,20H,11-16,24H2,1H3/t20-,23+/m1/s1. The number of likely N-dealkylation sites (N-methyl/N-ethyl adjacent to an activating group) is 1. The minimum absolute atomic E-state index is 0.00545. The zero-order valence-corrected chi connectivity index (χ0v) is 16.7. The quantitative estimate of drug-likeness (QED) is 0.859. The summed E-state index contributed by atoms with van der Waals surface area (Å²) in [6.07, 6.45) is 1.18. The van der Waals surface area contributed by atoms with Crippen LogP contribution in [0.3, 0.4) is 0 Å². The SMILES string of the molecule is CN1C(=O)CO[C@@H]2CN(C(=O)c3ccc(CCN)cc3)CC[C@]21c1ccccc1. The Morgan fingerprint density at radius 1 is 1.17 bits per heavy atom. The van der Waals surface area contributed by atoms with Crippen molar-refractivity contribution in [1.82, 2.24) is 9.80 Å². The molecule has 2 aliphatic heterocycles. The van der Waals surface area contributed by atoms with Crippen molar-refractivity contribution in [3.8, 4) is 0 Å². The van der Waals surface area contributed by atoms with Gasteiger partial charge in [-0.15, -0.1) is 0 Å². The fourth-order valence-electron chi connectivity index (χ4n) is 4.57. The van der Waals surface area contributed by atoms with Crippen LogP contribution in [0.15, 0.2) is 54.6 Å². The maximum Gasteiger partial charge on any atom is 0.253 e. The first kappa shape index (κ1) is 19.6. The van der Waals surface area contributed by atoms with Gasteiger partial charge in [0.1, 0.15) is 12.7 Å². The summed E-state index contributed by atoms with van der Waals surface area (Å²) < 4.78 is 5.99. The lowest BCUT2D eigenvalue weighted by Gasteiger charge is -2.54. The van der Waals surface area contributed by atoms with Gasteiger partial charge in [0.05, 0.1) is 5.54 Å². The first-order chi connectivity index (χ1) is 14.1. The number of fused-ring (bicyclic) bond motifs is 1. The van der Waals surface area contributed by atoms with Crippen LogP contribution in [0.1, 0.15) is 27.9 Å². The number of nitrogens with zero attached hydrogens (tertiary/aromatic N) is 2. The number of hydrogen-bond acceptors (Lipinski definition) is 4. The molecule has 2 N–H and O–H groups in total. The molecule has 0 spiro atoms. The Bertz CT molecular complexity index is 884. The van der Waals surface area contributed by atoms with Gasteiger partial charge >= 0.3 is 0 Å². The van der Waals surface area contributed by atoms with E-state index in [1.54, 1.807) is 0 Å². The molecule has 0 saturated carbocycles. The van der Waals surface area contributed by atoms with Crippen LogP contribution in [0.25, 0.3) is 0 Å². The van der Waals surface area contributed by atoms with Crippen molar-refractivity contribution in [2.45, 2.75) is 24.5 Å². The van der Waals surface area contributed by atoms with Gasteiger partial charge in [-0.3, -0.25) is 9.59 Å². The second-order valence-corrected chi connectivity index (χ2v) is 7.78.